The number of carbonyl (C=O) groups is 1. The fraction of sp³-hybridized carbons (Fsp3) is 0.471. The average Bonchev–Trinajstić information content (AvgIpc) is 3.30. The van der Waals surface area contributed by atoms with Crippen LogP contribution < -0.4 is 5.32 Å². The van der Waals surface area contributed by atoms with Crippen molar-refractivity contribution in [2.24, 2.45) is 11.3 Å². The summed E-state index contributed by atoms with van der Waals surface area (Å²) in [7, 11) is 0. The first-order valence-corrected chi connectivity index (χ1v) is 9.00. The summed E-state index contributed by atoms with van der Waals surface area (Å²) in [6.45, 7) is 5.12. The van der Waals surface area contributed by atoms with Crippen molar-refractivity contribution in [2.75, 3.05) is 32.8 Å². The number of nitrogens with one attached hydrogen (secondary N) is 1. The molecule has 1 N–H and O–H groups in total. The maximum atomic E-state index is 12.3. The largest absolute Gasteiger partial charge is 0.380 e. The summed E-state index contributed by atoms with van der Waals surface area (Å²) >= 11 is 1.80. The van der Waals surface area contributed by atoms with Crippen LogP contribution in [0.1, 0.15) is 15.2 Å². The van der Waals surface area contributed by atoms with Gasteiger partial charge in [-0.3, -0.25) is 9.69 Å². The quantitative estimate of drug-likeness (QED) is 0.888. The Morgan fingerprint density at radius 2 is 2.42 bits per heavy atom. The van der Waals surface area contributed by atoms with E-state index < -0.39 is 0 Å². The van der Waals surface area contributed by atoms with Gasteiger partial charge in [0.2, 0.25) is 0 Å². The molecule has 0 bridgehead atoms. The predicted molar refractivity (Wildman–Crippen MR) is 90.7 cm³/mol. The van der Waals surface area contributed by atoms with E-state index in [-0.39, 0.29) is 11.3 Å². The Morgan fingerprint density at radius 1 is 1.46 bits per heavy atom. The van der Waals surface area contributed by atoms with Crippen LogP contribution in [-0.2, 0) is 11.3 Å². The fourth-order valence-electron chi connectivity index (χ4n) is 3.72. The number of aromatic nitrogens is 2. The molecular formula is C17H20N4O2S. The van der Waals surface area contributed by atoms with Crippen molar-refractivity contribution in [3.63, 3.8) is 0 Å². The van der Waals surface area contributed by atoms with Gasteiger partial charge in [-0.2, -0.15) is 10.2 Å². The molecule has 4 heterocycles. The van der Waals surface area contributed by atoms with Gasteiger partial charge in [0, 0.05) is 42.4 Å². The van der Waals surface area contributed by atoms with Crippen LogP contribution >= 0.6 is 11.3 Å². The molecule has 0 unspecified atom stereocenters. The van der Waals surface area contributed by atoms with Gasteiger partial charge < -0.3 is 10.1 Å². The maximum absolute atomic E-state index is 12.3. The Balaban J connectivity index is 1.40. The summed E-state index contributed by atoms with van der Waals surface area (Å²) in [4.78, 5) is 16.2. The molecule has 126 valence electrons. The van der Waals surface area contributed by atoms with E-state index in [0.29, 0.717) is 24.6 Å². The molecule has 7 heteroatoms. The molecule has 24 heavy (non-hydrogen) atoms. The molecule has 1 amide bonds. The molecule has 0 radical (unpaired) electrons. The summed E-state index contributed by atoms with van der Waals surface area (Å²) in [6.07, 6.45) is 3.03. The molecule has 0 aliphatic carbocycles. The molecule has 6 nitrogen and oxygen atoms in total. The summed E-state index contributed by atoms with van der Waals surface area (Å²) in [5, 5.41) is 12.7. The predicted octanol–water partition coefficient (Wildman–Crippen LogP) is 1.42. The topological polar surface area (TPSA) is 67.3 Å². The number of rotatable bonds is 5. The van der Waals surface area contributed by atoms with Crippen LogP contribution in [0.4, 0.5) is 0 Å². The normalized spacial score (nSPS) is 26.4. The Hall–Kier alpha value is -1.83. The second-order valence-electron chi connectivity index (χ2n) is 6.64. The standard InChI is InChI=1S/C17H20N4O2S/c22-16(13-3-4-19-20-6-13)18-10-17-11-21(7-14(17)9-23-12-17)8-15-2-1-5-24-15/h1-6,14H,7-12H2,(H,18,22)/t14-,17+/m0/s1. The van der Waals surface area contributed by atoms with Gasteiger partial charge in [-0.05, 0) is 17.5 Å². The molecule has 0 aromatic carbocycles. The highest BCUT2D eigenvalue weighted by molar-refractivity contribution is 7.09. The molecule has 2 atom stereocenters. The first kappa shape index (κ1) is 15.7. The minimum atomic E-state index is -0.0957. The monoisotopic (exact) mass is 344 g/mol. The molecule has 4 rings (SSSR count). The Kier molecular flexibility index (Phi) is 4.30. The number of carbonyl (C=O) groups excluding carboxylic acids is 1. The third kappa shape index (κ3) is 3.07. The van der Waals surface area contributed by atoms with Crippen molar-refractivity contribution in [2.45, 2.75) is 6.54 Å². The lowest BCUT2D eigenvalue weighted by Gasteiger charge is -2.27. The number of nitrogens with zero attached hydrogens (tertiary/aromatic N) is 3. The van der Waals surface area contributed by atoms with Crippen molar-refractivity contribution in [3.05, 3.63) is 46.4 Å². The van der Waals surface area contributed by atoms with E-state index in [1.165, 1.54) is 17.3 Å². The zero-order valence-electron chi connectivity index (χ0n) is 13.4. The second-order valence-corrected chi connectivity index (χ2v) is 7.67. The van der Waals surface area contributed by atoms with Crippen LogP contribution in [0.5, 0.6) is 0 Å². The van der Waals surface area contributed by atoms with Gasteiger partial charge in [0.05, 0.1) is 31.2 Å². The van der Waals surface area contributed by atoms with E-state index >= 15 is 0 Å². The number of amides is 1. The van der Waals surface area contributed by atoms with Gasteiger partial charge in [-0.1, -0.05) is 6.07 Å². The van der Waals surface area contributed by atoms with Crippen molar-refractivity contribution in [1.29, 1.82) is 0 Å². The van der Waals surface area contributed by atoms with E-state index in [0.717, 1.165) is 26.2 Å². The van der Waals surface area contributed by atoms with Crippen molar-refractivity contribution < 1.29 is 9.53 Å². The fourth-order valence-corrected chi connectivity index (χ4v) is 4.47. The van der Waals surface area contributed by atoms with Crippen LogP contribution in [-0.4, -0.2) is 53.9 Å². The Labute approximate surface area is 144 Å². The number of hydrogen-bond donors (Lipinski definition) is 1. The second kappa shape index (κ2) is 6.58. The highest BCUT2D eigenvalue weighted by Gasteiger charge is 2.50. The van der Waals surface area contributed by atoms with Gasteiger partial charge >= 0.3 is 0 Å². The van der Waals surface area contributed by atoms with E-state index in [9.17, 15) is 4.79 Å². The van der Waals surface area contributed by atoms with Crippen molar-refractivity contribution in [1.82, 2.24) is 20.4 Å². The first-order valence-electron chi connectivity index (χ1n) is 8.13. The Bertz CT molecular complexity index is 694. The highest BCUT2D eigenvalue weighted by atomic mass is 32.1. The Morgan fingerprint density at radius 3 is 3.21 bits per heavy atom. The zero-order valence-corrected chi connectivity index (χ0v) is 14.2. The number of ether oxygens (including phenoxy) is 1. The molecule has 0 spiro atoms. The summed E-state index contributed by atoms with van der Waals surface area (Å²) in [5.41, 5.74) is 0.568. The zero-order chi connectivity index (χ0) is 16.4. The molecular weight excluding hydrogens is 324 g/mol. The third-order valence-electron chi connectivity index (χ3n) is 5.00. The van der Waals surface area contributed by atoms with Gasteiger partial charge in [0.1, 0.15) is 0 Å². The number of fused-ring (bicyclic) bond motifs is 1. The number of thiophene rings is 1. The molecule has 2 aliphatic heterocycles. The van der Waals surface area contributed by atoms with Crippen LogP contribution in [0.15, 0.2) is 36.0 Å². The molecule has 0 saturated carbocycles. The average molecular weight is 344 g/mol. The van der Waals surface area contributed by atoms with Crippen LogP contribution in [0.25, 0.3) is 0 Å². The molecule has 2 aromatic rings. The van der Waals surface area contributed by atoms with Crippen LogP contribution in [0.2, 0.25) is 0 Å². The van der Waals surface area contributed by atoms with Crippen LogP contribution in [0, 0.1) is 11.3 Å². The summed E-state index contributed by atoms with van der Waals surface area (Å²) < 4.78 is 5.74. The van der Waals surface area contributed by atoms with E-state index in [2.05, 4.69) is 37.9 Å². The van der Waals surface area contributed by atoms with Gasteiger partial charge in [-0.15, -0.1) is 11.3 Å². The lowest BCUT2D eigenvalue weighted by molar-refractivity contribution is 0.0904. The van der Waals surface area contributed by atoms with Gasteiger partial charge in [-0.25, -0.2) is 0 Å². The van der Waals surface area contributed by atoms with Crippen molar-refractivity contribution in [3.8, 4) is 0 Å². The molecule has 2 fully saturated rings. The smallest absolute Gasteiger partial charge is 0.252 e. The van der Waals surface area contributed by atoms with Gasteiger partial charge in [0.15, 0.2) is 0 Å². The van der Waals surface area contributed by atoms with E-state index in [4.69, 9.17) is 4.74 Å². The van der Waals surface area contributed by atoms with Crippen molar-refractivity contribution >= 4 is 17.2 Å². The maximum Gasteiger partial charge on any atom is 0.252 e. The lowest BCUT2D eigenvalue weighted by atomic mass is 9.81. The van der Waals surface area contributed by atoms with E-state index in [1.807, 2.05) is 0 Å². The van der Waals surface area contributed by atoms with Gasteiger partial charge in [0.25, 0.3) is 5.91 Å². The first-order chi connectivity index (χ1) is 11.8. The SMILES string of the molecule is O=C(NC[C@@]12COC[C@@H]1CN(Cc1cccs1)C2)c1ccnnc1. The minimum Gasteiger partial charge on any atom is -0.380 e. The summed E-state index contributed by atoms with van der Waals surface area (Å²) in [5.74, 6) is 0.384. The third-order valence-corrected chi connectivity index (χ3v) is 5.86. The number of hydrogen-bond acceptors (Lipinski definition) is 6. The number of likely N-dealkylation sites (tertiary alicyclic amines) is 1. The molecule has 2 aromatic heterocycles. The summed E-state index contributed by atoms with van der Waals surface area (Å²) in [6, 6.07) is 5.96. The highest BCUT2D eigenvalue weighted by Crippen LogP contribution is 2.41. The lowest BCUT2D eigenvalue weighted by Crippen LogP contribution is -2.43. The van der Waals surface area contributed by atoms with Crippen LogP contribution in [0.3, 0.4) is 0 Å². The minimum absolute atomic E-state index is 0.0212. The van der Waals surface area contributed by atoms with E-state index in [1.54, 1.807) is 17.4 Å². The molecule has 2 saturated heterocycles. The molecule has 2 aliphatic rings.